The maximum absolute atomic E-state index is 3.81. The zero-order chi connectivity index (χ0) is 14.0. The molecule has 1 N–H and O–H groups in total. The van der Waals surface area contributed by atoms with Crippen LogP contribution in [0, 0.1) is 0 Å². The van der Waals surface area contributed by atoms with E-state index < -0.39 is 0 Å². The predicted molar refractivity (Wildman–Crippen MR) is 86.1 cm³/mol. The summed E-state index contributed by atoms with van der Waals surface area (Å²) in [5.41, 5.74) is 0.531. The third kappa shape index (κ3) is 2.92. The molecule has 3 fully saturated rings. The van der Waals surface area contributed by atoms with Crippen LogP contribution >= 0.6 is 0 Å². The maximum atomic E-state index is 3.81. The van der Waals surface area contributed by atoms with Crippen LogP contribution in [0.15, 0.2) is 0 Å². The van der Waals surface area contributed by atoms with E-state index in [4.69, 9.17) is 0 Å². The molecular formula is C18H34N2. The van der Waals surface area contributed by atoms with Gasteiger partial charge in [-0.1, -0.05) is 32.6 Å². The zero-order valence-electron chi connectivity index (χ0n) is 13.7. The average Bonchev–Trinajstić information content (AvgIpc) is 2.45. The molecule has 0 spiro atoms. The van der Waals surface area contributed by atoms with Crippen LogP contribution in [-0.2, 0) is 0 Å². The number of hydrogen-bond donors (Lipinski definition) is 1. The third-order valence-electron chi connectivity index (χ3n) is 6.21. The second-order valence-electron chi connectivity index (χ2n) is 7.83. The van der Waals surface area contributed by atoms with Gasteiger partial charge in [0.25, 0.3) is 0 Å². The van der Waals surface area contributed by atoms with Gasteiger partial charge < -0.3 is 5.32 Å². The number of hydrogen-bond acceptors (Lipinski definition) is 2. The summed E-state index contributed by atoms with van der Waals surface area (Å²) in [5.74, 6) is 0. The highest BCUT2D eigenvalue weighted by atomic mass is 15.3. The van der Waals surface area contributed by atoms with Crippen LogP contribution in [0.2, 0.25) is 0 Å². The number of nitrogens with one attached hydrogen (secondary N) is 1. The summed E-state index contributed by atoms with van der Waals surface area (Å²) >= 11 is 0. The minimum Gasteiger partial charge on any atom is -0.314 e. The summed E-state index contributed by atoms with van der Waals surface area (Å²) < 4.78 is 0. The van der Waals surface area contributed by atoms with Gasteiger partial charge in [-0.3, -0.25) is 4.90 Å². The van der Waals surface area contributed by atoms with E-state index in [-0.39, 0.29) is 0 Å². The van der Waals surface area contributed by atoms with Gasteiger partial charge in [0.05, 0.1) is 0 Å². The largest absolute Gasteiger partial charge is 0.314 e. The highest BCUT2D eigenvalue weighted by Crippen LogP contribution is 2.44. The normalized spacial score (nSPS) is 37.8. The Labute approximate surface area is 125 Å². The fourth-order valence-electron chi connectivity index (χ4n) is 5.35. The summed E-state index contributed by atoms with van der Waals surface area (Å²) in [6.45, 7) is 6.07. The Morgan fingerprint density at radius 2 is 1.65 bits per heavy atom. The molecule has 0 aromatic rings. The van der Waals surface area contributed by atoms with E-state index in [1.54, 1.807) is 0 Å². The van der Waals surface area contributed by atoms with Crippen molar-refractivity contribution in [2.75, 3.05) is 6.54 Å². The van der Waals surface area contributed by atoms with E-state index in [0.29, 0.717) is 5.54 Å². The summed E-state index contributed by atoms with van der Waals surface area (Å²) in [6, 6.07) is 2.55. The molecule has 1 saturated carbocycles. The molecule has 3 aliphatic rings. The molecule has 2 heterocycles. The van der Waals surface area contributed by atoms with Gasteiger partial charge in [-0.05, 0) is 58.4 Å². The number of rotatable bonds is 4. The summed E-state index contributed by atoms with van der Waals surface area (Å²) in [5, 5.41) is 3.81. The van der Waals surface area contributed by atoms with E-state index in [9.17, 15) is 0 Å². The molecule has 20 heavy (non-hydrogen) atoms. The van der Waals surface area contributed by atoms with Crippen molar-refractivity contribution in [2.24, 2.45) is 0 Å². The first-order chi connectivity index (χ1) is 9.73. The van der Waals surface area contributed by atoms with E-state index >= 15 is 0 Å². The van der Waals surface area contributed by atoms with Gasteiger partial charge in [0.15, 0.2) is 0 Å². The van der Waals surface area contributed by atoms with Crippen molar-refractivity contribution in [1.82, 2.24) is 10.2 Å². The molecular weight excluding hydrogens is 244 g/mol. The Balaban J connectivity index is 1.69. The standard InChI is InChI=1S/C18H34N2/c1-3-12-19-15-13-16-8-7-9-17(14-15)20(16)18(2)10-5-4-6-11-18/h15-17,19H,3-14H2,1-2H3. The van der Waals surface area contributed by atoms with Gasteiger partial charge in [-0.25, -0.2) is 0 Å². The van der Waals surface area contributed by atoms with E-state index in [1.807, 2.05) is 0 Å². The van der Waals surface area contributed by atoms with Crippen molar-refractivity contribution in [3.63, 3.8) is 0 Å². The predicted octanol–water partition coefficient (Wildman–Crippen LogP) is 4.09. The van der Waals surface area contributed by atoms with Crippen molar-refractivity contribution in [1.29, 1.82) is 0 Å². The van der Waals surface area contributed by atoms with Crippen molar-refractivity contribution in [2.45, 2.75) is 108 Å². The van der Waals surface area contributed by atoms with Crippen LogP contribution in [0.3, 0.4) is 0 Å². The molecule has 0 radical (unpaired) electrons. The molecule has 0 amide bonds. The first-order valence-electron chi connectivity index (χ1n) is 9.25. The van der Waals surface area contributed by atoms with Crippen LogP contribution in [0.25, 0.3) is 0 Å². The van der Waals surface area contributed by atoms with Crippen molar-refractivity contribution in [3.05, 3.63) is 0 Å². The van der Waals surface area contributed by atoms with Crippen LogP contribution in [0.4, 0.5) is 0 Å². The molecule has 2 heteroatoms. The molecule has 2 aliphatic heterocycles. The summed E-state index contributed by atoms with van der Waals surface area (Å²) in [4.78, 5) is 3.01. The van der Waals surface area contributed by atoms with Crippen LogP contribution < -0.4 is 5.32 Å². The Morgan fingerprint density at radius 1 is 1.00 bits per heavy atom. The van der Waals surface area contributed by atoms with Gasteiger partial charge in [0.1, 0.15) is 0 Å². The zero-order valence-corrected chi connectivity index (χ0v) is 13.7. The lowest BCUT2D eigenvalue weighted by atomic mass is 9.73. The Hall–Kier alpha value is -0.0800. The Morgan fingerprint density at radius 3 is 2.25 bits per heavy atom. The Kier molecular flexibility index (Phi) is 4.72. The van der Waals surface area contributed by atoms with E-state index in [0.717, 1.165) is 18.1 Å². The van der Waals surface area contributed by atoms with E-state index in [2.05, 4.69) is 24.1 Å². The van der Waals surface area contributed by atoms with Gasteiger partial charge in [-0.2, -0.15) is 0 Å². The minimum atomic E-state index is 0.531. The SMILES string of the molecule is CCCNC1CC2CCCC(C1)N2C1(C)CCCCC1. The lowest BCUT2D eigenvalue weighted by Crippen LogP contribution is -2.64. The van der Waals surface area contributed by atoms with Crippen LogP contribution in [0.5, 0.6) is 0 Å². The monoisotopic (exact) mass is 278 g/mol. The van der Waals surface area contributed by atoms with Gasteiger partial charge in [-0.15, -0.1) is 0 Å². The van der Waals surface area contributed by atoms with Gasteiger partial charge in [0.2, 0.25) is 0 Å². The lowest BCUT2D eigenvalue weighted by molar-refractivity contribution is -0.0704. The smallest absolute Gasteiger partial charge is 0.0187 e. The topological polar surface area (TPSA) is 15.3 Å². The van der Waals surface area contributed by atoms with Gasteiger partial charge >= 0.3 is 0 Å². The van der Waals surface area contributed by atoms with Crippen LogP contribution in [-0.4, -0.2) is 35.1 Å². The quantitative estimate of drug-likeness (QED) is 0.833. The second-order valence-corrected chi connectivity index (χ2v) is 7.83. The molecule has 3 rings (SSSR count). The second kappa shape index (κ2) is 6.36. The number of nitrogens with zero attached hydrogens (tertiary/aromatic N) is 1. The van der Waals surface area contributed by atoms with Crippen molar-refractivity contribution in [3.8, 4) is 0 Å². The van der Waals surface area contributed by atoms with Crippen LogP contribution in [0.1, 0.15) is 84.5 Å². The number of fused-ring (bicyclic) bond motifs is 2. The highest BCUT2D eigenvalue weighted by molar-refractivity contribution is 5.03. The fraction of sp³-hybridized carbons (Fsp3) is 1.00. The molecule has 2 nitrogen and oxygen atoms in total. The molecule has 116 valence electrons. The first-order valence-corrected chi connectivity index (χ1v) is 9.25. The van der Waals surface area contributed by atoms with Crippen molar-refractivity contribution < 1.29 is 0 Å². The molecule has 2 saturated heterocycles. The highest BCUT2D eigenvalue weighted by Gasteiger charge is 2.46. The first kappa shape index (κ1) is 14.8. The average molecular weight is 278 g/mol. The fourth-order valence-corrected chi connectivity index (χ4v) is 5.35. The molecule has 0 aromatic heterocycles. The van der Waals surface area contributed by atoms with E-state index in [1.165, 1.54) is 77.2 Å². The molecule has 2 bridgehead atoms. The molecule has 0 aromatic carbocycles. The molecule has 2 unspecified atom stereocenters. The third-order valence-corrected chi connectivity index (χ3v) is 6.21. The maximum Gasteiger partial charge on any atom is 0.0187 e. The number of piperidine rings is 2. The van der Waals surface area contributed by atoms with Gasteiger partial charge in [0, 0.05) is 23.7 Å². The molecule has 2 atom stereocenters. The Bertz CT molecular complexity index is 295. The lowest BCUT2D eigenvalue weighted by Gasteiger charge is -2.58. The summed E-state index contributed by atoms with van der Waals surface area (Å²) in [7, 11) is 0. The summed E-state index contributed by atoms with van der Waals surface area (Å²) in [6.07, 6.45) is 15.8. The van der Waals surface area contributed by atoms with Crippen molar-refractivity contribution >= 4 is 0 Å². The molecule has 1 aliphatic carbocycles. The minimum absolute atomic E-state index is 0.531.